The van der Waals surface area contributed by atoms with Crippen LogP contribution in [0.2, 0.25) is 5.02 Å². The first-order chi connectivity index (χ1) is 12.2. The molecule has 1 aromatic carbocycles. The Kier molecular flexibility index (Phi) is 3.97. The number of fused-ring (bicyclic) bond motifs is 1. The number of imidazole rings is 2. The van der Waals surface area contributed by atoms with Gasteiger partial charge in [0.2, 0.25) is 0 Å². The molecule has 0 bridgehead atoms. The number of pyridine rings is 1. The molecule has 0 atom stereocenters. The number of benzene rings is 1. The number of aromatic nitrogens is 5. The fourth-order valence-corrected chi connectivity index (χ4v) is 3.15. The lowest BCUT2D eigenvalue weighted by Gasteiger charge is -2.10. The lowest BCUT2D eigenvalue weighted by Crippen LogP contribution is -2.09. The van der Waals surface area contributed by atoms with E-state index < -0.39 is 5.82 Å². The molecule has 0 saturated carbocycles. The van der Waals surface area contributed by atoms with Crippen LogP contribution in [0.15, 0.2) is 48.9 Å². The highest BCUT2D eigenvalue weighted by Crippen LogP contribution is 2.23. The van der Waals surface area contributed by atoms with Crippen LogP contribution in [-0.2, 0) is 13.1 Å². The van der Waals surface area contributed by atoms with Gasteiger partial charge in [-0.1, -0.05) is 11.6 Å². The highest BCUT2D eigenvalue weighted by atomic mass is 35.5. The SMILES string of the molecule is CCn1c(Cn2ccnc2-c2ncccc2F)nc2cc(Cl)ccc21. The molecule has 0 spiro atoms. The molecule has 0 N–H and O–H groups in total. The van der Waals surface area contributed by atoms with Crippen molar-refractivity contribution < 1.29 is 4.39 Å². The van der Waals surface area contributed by atoms with Crippen molar-refractivity contribution in [1.29, 1.82) is 0 Å². The van der Waals surface area contributed by atoms with E-state index in [0.717, 1.165) is 23.4 Å². The molecule has 0 saturated heterocycles. The maximum Gasteiger partial charge on any atom is 0.162 e. The van der Waals surface area contributed by atoms with Crippen LogP contribution in [0.1, 0.15) is 12.7 Å². The van der Waals surface area contributed by atoms with Crippen LogP contribution in [-0.4, -0.2) is 24.1 Å². The Morgan fingerprint density at radius 1 is 1.16 bits per heavy atom. The summed E-state index contributed by atoms with van der Waals surface area (Å²) in [6.07, 6.45) is 5.00. The third kappa shape index (κ3) is 2.78. The standard InChI is InChI=1S/C18H15ClFN5/c1-2-25-15-6-5-12(19)10-14(15)23-16(25)11-24-9-8-22-18(24)17-13(20)4-3-7-21-17/h3-10H,2,11H2,1H3. The monoisotopic (exact) mass is 355 g/mol. The fraction of sp³-hybridized carbons (Fsp3) is 0.167. The highest BCUT2D eigenvalue weighted by molar-refractivity contribution is 6.31. The third-order valence-electron chi connectivity index (χ3n) is 4.10. The zero-order chi connectivity index (χ0) is 17.4. The topological polar surface area (TPSA) is 48.5 Å². The van der Waals surface area contributed by atoms with Crippen molar-refractivity contribution in [2.24, 2.45) is 0 Å². The number of rotatable bonds is 4. The third-order valence-corrected chi connectivity index (χ3v) is 4.34. The fourth-order valence-electron chi connectivity index (χ4n) is 2.98. The Morgan fingerprint density at radius 3 is 2.84 bits per heavy atom. The molecule has 0 amide bonds. The zero-order valence-electron chi connectivity index (χ0n) is 13.5. The minimum absolute atomic E-state index is 0.231. The van der Waals surface area contributed by atoms with Crippen molar-refractivity contribution in [3.8, 4) is 11.5 Å². The van der Waals surface area contributed by atoms with Crippen molar-refractivity contribution in [3.05, 3.63) is 65.6 Å². The predicted octanol–water partition coefficient (Wildman–Crippen LogP) is 4.16. The molecule has 7 heteroatoms. The average Bonchev–Trinajstić information content (AvgIpc) is 3.19. The van der Waals surface area contributed by atoms with Gasteiger partial charge in [0.1, 0.15) is 11.5 Å². The summed E-state index contributed by atoms with van der Waals surface area (Å²) in [5.74, 6) is 0.937. The van der Waals surface area contributed by atoms with E-state index in [1.54, 1.807) is 24.7 Å². The minimum atomic E-state index is -0.397. The molecular formula is C18H15ClFN5. The molecule has 3 aromatic heterocycles. The smallest absolute Gasteiger partial charge is 0.162 e. The second-order valence-corrected chi connectivity index (χ2v) is 6.05. The molecule has 25 heavy (non-hydrogen) atoms. The number of halogens is 2. The maximum absolute atomic E-state index is 14.1. The van der Waals surface area contributed by atoms with Crippen LogP contribution >= 0.6 is 11.6 Å². The van der Waals surface area contributed by atoms with Crippen LogP contribution in [0, 0.1) is 5.82 Å². The zero-order valence-corrected chi connectivity index (χ0v) is 14.3. The van der Waals surface area contributed by atoms with Crippen LogP contribution < -0.4 is 0 Å². The molecule has 5 nitrogen and oxygen atoms in total. The highest BCUT2D eigenvalue weighted by Gasteiger charge is 2.15. The van der Waals surface area contributed by atoms with Gasteiger partial charge in [0.25, 0.3) is 0 Å². The van der Waals surface area contributed by atoms with E-state index in [9.17, 15) is 4.39 Å². The van der Waals surface area contributed by atoms with Gasteiger partial charge in [0.05, 0.1) is 17.6 Å². The molecule has 3 heterocycles. The van der Waals surface area contributed by atoms with Crippen molar-refractivity contribution >= 4 is 22.6 Å². The van der Waals surface area contributed by atoms with Gasteiger partial charge in [-0.15, -0.1) is 0 Å². The Bertz CT molecular complexity index is 1050. The van der Waals surface area contributed by atoms with Gasteiger partial charge in [-0.2, -0.15) is 0 Å². The molecule has 0 aliphatic rings. The molecule has 4 aromatic rings. The lowest BCUT2D eigenvalue weighted by molar-refractivity contribution is 0.618. The van der Waals surface area contributed by atoms with E-state index in [2.05, 4.69) is 21.5 Å². The summed E-state index contributed by atoms with van der Waals surface area (Å²) in [5.41, 5.74) is 2.09. The van der Waals surface area contributed by atoms with E-state index in [4.69, 9.17) is 16.6 Å². The molecule has 0 aliphatic carbocycles. The summed E-state index contributed by atoms with van der Waals surface area (Å²) >= 11 is 6.07. The number of hydrogen-bond acceptors (Lipinski definition) is 3. The summed E-state index contributed by atoms with van der Waals surface area (Å²) in [4.78, 5) is 13.1. The van der Waals surface area contributed by atoms with Crippen LogP contribution in [0.3, 0.4) is 0 Å². The summed E-state index contributed by atoms with van der Waals surface area (Å²) in [7, 11) is 0. The molecule has 4 rings (SSSR count). The van der Waals surface area contributed by atoms with Gasteiger partial charge in [-0.3, -0.25) is 0 Å². The van der Waals surface area contributed by atoms with Crippen molar-refractivity contribution in [1.82, 2.24) is 24.1 Å². The van der Waals surface area contributed by atoms with E-state index >= 15 is 0 Å². The van der Waals surface area contributed by atoms with Gasteiger partial charge in [0, 0.05) is 30.2 Å². The average molecular weight is 356 g/mol. The van der Waals surface area contributed by atoms with Gasteiger partial charge < -0.3 is 9.13 Å². The van der Waals surface area contributed by atoms with Gasteiger partial charge in [-0.05, 0) is 37.3 Å². The molecule has 0 unspecified atom stereocenters. The van der Waals surface area contributed by atoms with Crippen molar-refractivity contribution in [2.45, 2.75) is 20.0 Å². The van der Waals surface area contributed by atoms with E-state index in [1.807, 2.05) is 22.8 Å². The quantitative estimate of drug-likeness (QED) is 0.552. The molecule has 0 fully saturated rings. The Labute approximate surface area is 148 Å². The van der Waals surface area contributed by atoms with E-state index in [0.29, 0.717) is 17.4 Å². The van der Waals surface area contributed by atoms with Crippen molar-refractivity contribution in [2.75, 3.05) is 0 Å². The normalized spacial score (nSPS) is 11.3. The summed E-state index contributed by atoms with van der Waals surface area (Å²) in [6.45, 7) is 3.30. The Hall–Kier alpha value is -2.73. The number of nitrogens with zero attached hydrogens (tertiary/aromatic N) is 5. The molecular weight excluding hydrogens is 341 g/mol. The summed E-state index contributed by atoms with van der Waals surface area (Å²) in [5, 5.41) is 0.652. The van der Waals surface area contributed by atoms with Gasteiger partial charge >= 0.3 is 0 Å². The first kappa shape index (κ1) is 15.8. The Balaban J connectivity index is 1.78. The van der Waals surface area contributed by atoms with Gasteiger partial charge in [-0.25, -0.2) is 19.3 Å². The Morgan fingerprint density at radius 2 is 2.04 bits per heavy atom. The first-order valence-corrected chi connectivity index (χ1v) is 8.32. The second kappa shape index (κ2) is 6.29. The molecule has 0 radical (unpaired) electrons. The summed E-state index contributed by atoms with van der Waals surface area (Å²) < 4.78 is 18.0. The summed E-state index contributed by atoms with van der Waals surface area (Å²) in [6, 6.07) is 8.61. The van der Waals surface area contributed by atoms with Crippen LogP contribution in [0.5, 0.6) is 0 Å². The van der Waals surface area contributed by atoms with Gasteiger partial charge in [0.15, 0.2) is 11.6 Å². The second-order valence-electron chi connectivity index (χ2n) is 5.62. The maximum atomic E-state index is 14.1. The van der Waals surface area contributed by atoms with Crippen molar-refractivity contribution in [3.63, 3.8) is 0 Å². The van der Waals surface area contributed by atoms with E-state index in [1.165, 1.54) is 6.07 Å². The largest absolute Gasteiger partial charge is 0.327 e. The first-order valence-electron chi connectivity index (χ1n) is 7.94. The predicted molar refractivity (Wildman–Crippen MR) is 94.9 cm³/mol. The number of hydrogen-bond donors (Lipinski definition) is 0. The minimum Gasteiger partial charge on any atom is -0.327 e. The number of aryl methyl sites for hydroxylation is 1. The lowest BCUT2D eigenvalue weighted by atomic mass is 10.3. The van der Waals surface area contributed by atoms with Crippen LogP contribution in [0.25, 0.3) is 22.6 Å². The van der Waals surface area contributed by atoms with E-state index in [-0.39, 0.29) is 5.69 Å². The van der Waals surface area contributed by atoms with Crippen LogP contribution in [0.4, 0.5) is 4.39 Å². The molecule has 126 valence electrons. The molecule has 0 aliphatic heterocycles.